The number of morpholine rings is 1. The Hall–Kier alpha value is -1.34. The SMILES string of the molecule is CCCCC(CC)CNC(=NCC(=O)N(C)C)NCCN1CCOCC1. The summed E-state index contributed by atoms with van der Waals surface area (Å²) in [4.78, 5) is 20.3. The molecule has 1 amide bonds. The number of carbonyl (C=O) groups excluding carboxylic acids is 1. The summed E-state index contributed by atoms with van der Waals surface area (Å²) in [7, 11) is 3.52. The van der Waals surface area contributed by atoms with Crippen LogP contribution >= 0.6 is 0 Å². The Morgan fingerprint density at radius 2 is 1.96 bits per heavy atom. The van der Waals surface area contributed by atoms with Crippen LogP contribution in [0.1, 0.15) is 39.5 Å². The number of carbonyl (C=O) groups is 1. The third-order valence-electron chi connectivity index (χ3n) is 4.80. The number of guanidine groups is 1. The van der Waals surface area contributed by atoms with Gasteiger partial charge in [0.15, 0.2) is 5.96 Å². The number of unbranched alkanes of at least 4 members (excludes halogenated alkanes) is 1. The molecule has 0 bridgehead atoms. The summed E-state index contributed by atoms with van der Waals surface area (Å²) in [6.07, 6.45) is 4.88. The van der Waals surface area contributed by atoms with Crippen molar-refractivity contribution in [3.05, 3.63) is 0 Å². The maximum atomic E-state index is 11.8. The first kappa shape index (κ1) is 22.7. The van der Waals surface area contributed by atoms with Gasteiger partial charge in [0.1, 0.15) is 6.54 Å². The fraction of sp³-hybridized carbons (Fsp3) is 0.895. The molecular formula is C19H39N5O2. The third kappa shape index (κ3) is 9.97. The van der Waals surface area contributed by atoms with Crippen LogP contribution in [-0.4, -0.2) is 88.2 Å². The van der Waals surface area contributed by atoms with Crippen molar-refractivity contribution in [2.75, 3.05) is 66.6 Å². The lowest BCUT2D eigenvalue weighted by Crippen LogP contribution is -2.45. The molecule has 1 rings (SSSR count). The van der Waals surface area contributed by atoms with Crippen LogP contribution in [0.15, 0.2) is 4.99 Å². The topological polar surface area (TPSA) is 69.2 Å². The van der Waals surface area contributed by atoms with E-state index in [1.165, 1.54) is 19.3 Å². The van der Waals surface area contributed by atoms with Gasteiger partial charge in [0, 0.05) is 46.8 Å². The summed E-state index contributed by atoms with van der Waals surface area (Å²) in [5, 5.41) is 6.82. The van der Waals surface area contributed by atoms with Crippen LogP contribution in [0.5, 0.6) is 0 Å². The number of hydrogen-bond donors (Lipinski definition) is 2. The molecule has 0 aromatic heterocycles. The number of aliphatic imine (C=N–C) groups is 1. The maximum absolute atomic E-state index is 11.8. The van der Waals surface area contributed by atoms with Crippen LogP contribution in [0.4, 0.5) is 0 Å². The summed E-state index contributed by atoms with van der Waals surface area (Å²) in [5.41, 5.74) is 0. The summed E-state index contributed by atoms with van der Waals surface area (Å²) in [5.74, 6) is 1.39. The Morgan fingerprint density at radius 3 is 2.58 bits per heavy atom. The van der Waals surface area contributed by atoms with E-state index in [-0.39, 0.29) is 12.5 Å². The molecule has 1 aliphatic heterocycles. The number of ether oxygens (including phenoxy) is 1. The molecule has 1 atom stereocenters. The van der Waals surface area contributed by atoms with Crippen LogP contribution in [0.25, 0.3) is 0 Å². The number of amides is 1. The van der Waals surface area contributed by atoms with E-state index in [0.717, 1.165) is 58.3 Å². The number of nitrogens with zero attached hydrogens (tertiary/aromatic N) is 3. The first-order valence-corrected chi connectivity index (χ1v) is 10.1. The van der Waals surface area contributed by atoms with Crippen LogP contribution in [0.3, 0.4) is 0 Å². The number of rotatable bonds is 11. The van der Waals surface area contributed by atoms with Crippen molar-refractivity contribution in [1.82, 2.24) is 20.4 Å². The van der Waals surface area contributed by atoms with E-state index >= 15 is 0 Å². The lowest BCUT2D eigenvalue weighted by molar-refractivity contribution is -0.127. The highest BCUT2D eigenvalue weighted by Gasteiger charge is 2.11. The largest absolute Gasteiger partial charge is 0.379 e. The quantitative estimate of drug-likeness (QED) is 0.422. The van der Waals surface area contributed by atoms with Crippen molar-refractivity contribution >= 4 is 11.9 Å². The van der Waals surface area contributed by atoms with Gasteiger partial charge in [-0.1, -0.05) is 33.1 Å². The molecular weight excluding hydrogens is 330 g/mol. The van der Waals surface area contributed by atoms with Crippen molar-refractivity contribution in [3.8, 4) is 0 Å². The van der Waals surface area contributed by atoms with E-state index in [9.17, 15) is 4.79 Å². The second kappa shape index (κ2) is 13.8. The number of likely N-dealkylation sites (N-methyl/N-ethyl adjacent to an activating group) is 1. The highest BCUT2D eigenvalue weighted by Crippen LogP contribution is 2.11. The summed E-state index contributed by atoms with van der Waals surface area (Å²) in [6.45, 7) is 10.9. The minimum absolute atomic E-state index is 0.0114. The molecule has 1 unspecified atom stereocenters. The van der Waals surface area contributed by atoms with Gasteiger partial charge in [-0.05, 0) is 12.3 Å². The first-order chi connectivity index (χ1) is 12.6. The van der Waals surface area contributed by atoms with Gasteiger partial charge < -0.3 is 20.3 Å². The minimum atomic E-state index is 0.0114. The van der Waals surface area contributed by atoms with Gasteiger partial charge in [0.25, 0.3) is 0 Å². The number of hydrogen-bond acceptors (Lipinski definition) is 4. The first-order valence-electron chi connectivity index (χ1n) is 10.1. The zero-order valence-corrected chi connectivity index (χ0v) is 17.2. The lowest BCUT2D eigenvalue weighted by atomic mass is 9.99. The molecule has 0 spiro atoms. The molecule has 0 aromatic carbocycles. The molecule has 7 nitrogen and oxygen atoms in total. The predicted octanol–water partition coefficient (Wildman–Crippen LogP) is 1.16. The van der Waals surface area contributed by atoms with Gasteiger partial charge in [-0.2, -0.15) is 0 Å². The van der Waals surface area contributed by atoms with Gasteiger partial charge >= 0.3 is 0 Å². The monoisotopic (exact) mass is 369 g/mol. The second-order valence-electron chi connectivity index (χ2n) is 7.13. The minimum Gasteiger partial charge on any atom is -0.379 e. The van der Waals surface area contributed by atoms with Crippen LogP contribution < -0.4 is 10.6 Å². The molecule has 1 aliphatic rings. The smallest absolute Gasteiger partial charge is 0.243 e. The van der Waals surface area contributed by atoms with E-state index in [4.69, 9.17) is 4.74 Å². The van der Waals surface area contributed by atoms with Gasteiger partial charge in [0.2, 0.25) is 5.91 Å². The maximum Gasteiger partial charge on any atom is 0.243 e. The zero-order chi connectivity index (χ0) is 19.2. The van der Waals surface area contributed by atoms with E-state index in [1.807, 2.05) is 0 Å². The van der Waals surface area contributed by atoms with Gasteiger partial charge in [-0.25, -0.2) is 4.99 Å². The van der Waals surface area contributed by atoms with Crippen LogP contribution in [-0.2, 0) is 9.53 Å². The molecule has 0 saturated carbocycles. The molecule has 0 aromatic rings. The Kier molecular flexibility index (Phi) is 12.1. The zero-order valence-electron chi connectivity index (χ0n) is 17.2. The summed E-state index contributed by atoms with van der Waals surface area (Å²) >= 11 is 0. The molecule has 0 aliphatic carbocycles. The molecule has 0 radical (unpaired) electrons. The Balaban J connectivity index is 2.48. The lowest BCUT2D eigenvalue weighted by Gasteiger charge is -2.27. The Bertz CT molecular complexity index is 409. The van der Waals surface area contributed by atoms with Crippen molar-refractivity contribution in [2.45, 2.75) is 39.5 Å². The van der Waals surface area contributed by atoms with Crippen molar-refractivity contribution < 1.29 is 9.53 Å². The van der Waals surface area contributed by atoms with Crippen LogP contribution in [0, 0.1) is 5.92 Å². The Morgan fingerprint density at radius 1 is 1.23 bits per heavy atom. The van der Waals surface area contributed by atoms with Gasteiger partial charge in [-0.15, -0.1) is 0 Å². The molecule has 1 saturated heterocycles. The van der Waals surface area contributed by atoms with Crippen molar-refractivity contribution in [3.63, 3.8) is 0 Å². The van der Waals surface area contributed by atoms with Crippen LogP contribution in [0.2, 0.25) is 0 Å². The fourth-order valence-electron chi connectivity index (χ4n) is 2.80. The normalized spacial score (nSPS) is 17.0. The van der Waals surface area contributed by atoms with E-state index in [2.05, 4.69) is 34.4 Å². The molecule has 152 valence electrons. The highest BCUT2D eigenvalue weighted by molar-refractivity contribution is 5.84. The van der Waals surface area contributed by atoms with E-state index in [0.29, 0.717) is 5.92 Å². The summed E-state index contributed by atoms with van der Waals surface area (Å²) < 4.78 is 5.38. The molecule has 2 N–H and O–H groups in total. The summed E-state index contributed by atoms with van der Waals surface area (Å²) in [6, 6.07) is 0. The molecule has 7 heteroatoms. The van der Waals surface area contributed by atoms with Gasteiger partial charge in [0.05, 0.1) is 13.2 Å². The number of nitrogens with one attached hydrogen (secondary N) is 2. The second-order valence-corrected chi connectivity index (χ2v) is 7.13. The predicted molar refractivity (Wildman–Crippen MR) is 108 cm³/mol. The molecule has 26 heavy (non-hydrogen) atoms. The van der Waals surface area contributed by atoms with Gasteiger partial charge in [-0.3, -0.25) is 9.69 Å². The fourth-order valence-corrected chi connectivity index (χ4v) is 2.80. The molecule has 1 heterocycles. The van der Waals surface area contributed by atoms with E-state index in [1.54, 1.807) is 19.0 Å². The van der Waals surface area contributed by atoms with Crippen molar-refractivity contribution in [1.29, 1.82) is 0 Å². The highest BCUT2D eigenvalue weighted by atomic mass is 16.5. The average molecular weight is 370 g/mol. The Labute approximate surface area is 159 Å². The third-order valence-corrected chi connectivity index (χ3v) is 4.80. The average Bonchev–Trinajstić information content (AvgIpc) is 2.66. The van der Waals surface area contributed by atoms with Crippen molar-refractivity contribution in [2.24, 2.45) is 10.9 Å². The molecule has 1 fully saturated rings. The standard InChI is InChI=1S/C19H39N5O2/c1-5-7-8-17(6-2)15-21-19(22-16-18(25)23(3)4)20-9-10-24-11-13-26-14-12-24/h17H,5-16H2,1-4H3,(H2,20,21,22). The van der Waals surface area contributed by atoms with E-state index < -0.39 is 0 Å².